The number of cyclic esters (lactones) is 1. The zero-order valence-corrected chi connectivity index (χ0v) is 27.1. The van der Waals surface area contributed by atoms with E-state index >= 15 is 0 Å². The maximum atomic E-state index is 13.7. The molecule has 0 aromatic heterocycles. The molecule has 0 bridgehead atoms. The van der Waals surface area contributed by atoms with Gasteiger partial charge in [-0.15, -0.1) is 6.58 Å². The smallest absolute Gasteiger partial charge is 0.410 e. The Labute approximate surface area is 247 Å². The number of ketones is 1. The first-order valence-electron chi connectivity index (χ1n) is 14.8. The lowest BCUT2D eigenvalue weighted by Gasteiger charge is -2.45. The van der Waals surface area contributed by atoms with Crippen LogP contribution in [-0.2, 0) is 33.3 Å². The predicted octanol–water partition coefficient (Wildman–Crippen LogP) is 4.45. The van der Waals surface area contributed by atoms with E-state index in [4.69, 9.17) is 23.7 Å². The van der Waals surface area contributed by atoms with Crippen molar-refractivity contribution in [2.45, 2.75) is 116 Å². The normalized spacial score (nSPS) is 36.5. The van der Waals surface area contributed by atoms with Crippen LogP contribution >= 0.6 is 0 Å². The first kappa shape index (κ1) is 35.2. The number of amides is 1. The van der Waals surface area contributed by atoms with E-state index in [1.165, 1.54) is 4.90 Å². The van der Waals surface area contributed by atoms with Gasteiger partial charge in [-0.2, -0.15) is 0 Å². The first-order chi connectivity index (χ1) is 18.9. The van der Waals surface area contributed by atoms with E-state index in [-0.39, 0.29) is 37.0 Å². The molecule has 0 N–H and O–H groups in total. The molecular weight excluding hydrogens is 528 g/mol. The van der Waals surface area contributed by atoms with E-state index in [0.717, 1.165) is 6.42 Å². The minimum Gasteiger partial charge on any atom is -0.463 e. The number of carbonyl (C=O) groups is 3. The molecule has 10 nitrogen and oxygen atoms in total. The van der Waals surface area contributed by atoms with Crippen molar-refractivity contribution in [3.63, 3.8) is 0 Å². The molecule has 236 valence electrons. The SMILES string of the molecule is C=C[C@@H]1COC(=O)C(C)C(=O)[C@H](C)[C@@H](OC2C[C@H](N(C)C)CC(C)O2)[C@](C)(OC)C[C@@H](C)CN1C(=O)OC(C)(C)C. The molecule has 2 aliphatic heterocycles. The monoisotopic (exact) mass is 582 g/mol. The van der Waals surface area contributed by atoms with Crippen LogP contribution in [0.3, 0.4) is 0 Å². The fourth-order valence-electron chi connectivity index (χ4n) is 5.85. The van der Waals surface area contributed by atoms with Gasteiger partial charge in [-0.1, -0.05) is 19.9 Å². The summed E-state index contributed by atoms with van der Waals surface area (Å²) in [5.74, 6) is -2.83. The summed E-state index contributed by atoms with van der Waals surface area (Å²) in [6.07, 6.45) is 1.67. The van der Waals surface area contributed by atoms with Crippen molar-refractivity contribution in [3.8, 4) is 0 Å². The fourth-order valence-corrected chi connectivity index (χ4v) is 5.85. The van der Waals surface area contributed by atoms with Crippen LogP contribution in [0.5, 0.6) is 0 Å². The first-order valence-corrected chi connectivity index (χ1v) is 14.8. The summed E-state index contributed by atoms with van der Waals surface area (Å²) in [6, 6.07) is -0.387. The van der Waals surface area contributed by atoms with Gasteiger partial charge in [0.2, 0.25) is 0 Å². The molecule has 2 saturated heterocycles. The van der Waals surface area contributed by atoms with Gasteiger partial charge in [-0.25, -0.2) is 4.79 Å². The predicted molar refractivity (Wildman–Crippen MR) is 156 cm³/mol. The van der Waals surface area contributed by atoms with Gasteiger partial charge in [0.1, 0.15) is 18.1 Å². The molecule has 9 atom stereocenters. The van der Waals surface area contributed by atoms with E-state index in [1.54, 1.807) is 47.8 Å². The number of nitrogens with zero attached hydrogens (tertiary/aromatic N) is 2. The second-order valence-electron chi connectivity index (χ2n) is 13.3. The van der Waals surface area contributed by atoms with E-state index in [1.807, 2.05) is 34.9 Å². The quantitative estimate of drug-likeness (QED) is 0.264. The third kappa shape index (κ3) is 9.49. The number of hydrogen-bond donors (Lipinski definition) is 0. The highest BCUT2D eigenvalue weighted by Crippen LogP contribution is 2.36. The van der Waals surface area contributed by atoms with Gasteiger partial charge in [0.25, 0.3) is 0 Å². The Morgan fingerprint density at radius 3 is 2.32 bits per heavy atom. The average molecular weight is 583 g/mol. The Hall–Kier alpha value is -2.01. The number of hydrogen-bond acceptors (Lipinski definition) is 9. The summed E-state index contributed by atoms with van der Waals surface area (Å²) in [6.45, 7) is 18.7. The average Bonchev–Trinajstić information content (AvgIpc) is 2.88. The minimum atomic E-state index is -1.04. The highest BCUT2D eigenvalue weighted by Gasteiger charge is 2.47. The Bertz CT molecular complexity index is 918. The highest BCUT2D eigenvalue weighted by molar-refractivity contribution is 6.00. The highest BCUT2D eigenvalue weighted by atomic mass is 16.7. The number of ether oxygens (including phenoxy) is 5. The lowest BCUT2D eigenvalue weighted by molar-refractivity contribution is -0.262. The van der Waals surface area contributed by atoms with Crippen molar-refractivity contribution in [2.75, 3.05) is 34.4 Å². The van der Waals surface area contributed by atoms with E-state index < -0.39 is 53.5 Å². The van der Waals surface area contributed by atoms with Crippen molar-refractivity contribution in [1.29, 1.82) is 0 Å². The molecular formula is C31H54N2O8. The van der Waals surface area contributed by atoms with Crippen LogP contribution in [0.4, 0.5) is 4.79 Å². The van der Waals surface area contributed by atoms with Gasteiger partial charge in [-0.3, -0.25) is 14.5 Å². The van der Waals surface area contributed by atoms with Crippen LogP contribution in [0.2, 0.25) is 0 Å². The Balaban J connectivity index is 2.51. The summed E-state index contributed by atoms with van der Waals surface area (Å²) in [7, 11) is 5.67. The number of esters is 1. The number of carbonyl (C=O) groups excluding carboxylic acids is 3. The minimum absolute atomic E-state index is 0.0261. The molecule has 1 amide bonds. The lowest BCUT2D eigenvalue weighted by atomic mass is 9.78. The molecule has 2 rings (SSSR count). The van der Waals surface area contributed by atoms with Gasteiger partial charge < -0.3 is 28.6 Å². The van der Waals surface area contributed by atoms with Crippen LogP contribution in [0, 0.1) is 17.8 Å². The third-order valence-corrected chi connectivity index (χ3v) is 8.19. The summed E-state index contributed by atoms with van der Waals surface area (Å²) in [5.41, 5.74) is -1.67. The molecule has 2 aliphatic rings. The maximum Gasteiger partial charge on any atom is 0.410 e. The maximum absolute atomic E-state index is 13.7. The van der Waals surface area contributed by atoms with Gasteiger partial charge in [0.15, 0.2) is 12.1 Å². The van der Waals surface area contributed by atoms with Crippen molar-refractivity contribution < 1.29 is 38.1 Å². The Morgan fingerprint density at radius 1 is 1.15 bits per heavy atom. The molecule has 2 heterocycles. The van der Waals surface area contributed by atoms with E-state index in [2.05, 4.69) is 11.5 Å². The van der Waals surface area contributed by atoms with Gasteiger partial charge >= 0.3 is 12.1 Å². The summed E-state index contributed by atoms with van der Waals surface area (Å²) >= 11 is 0. The number of rotatable bonds is 5. The Kier molecular flexibility index (Phi) is 12.4. The van der Waals surface area contributed by atoms with Crippen LogP contribution < -0.4 is 0 Å². The van der Waals surface area contributed by atoms with E-state index in [0.29, 0.717) is 12.8 Å². The van der Waals surface area contributed by atoms with Crippen molar-refractivity contribution in [2.24, 2.45) is 17.8 Å². The molecule has 0 aliphatic carbocycles. The fraction of sp³-hybridized carbons (Fsp3) is 0.839. The number of Topliss-reactive ketones (excluding diaryl/α,β-unsaturated/α-hetero) is 1. The van der Waals surface area contributed by atoms with Crippen LogP contribution in [-0.4, -0.2) is 104 Å². The summed E-state index contributed by atoms with van der Waals surface area (Å²) < 4.78 is 30.3. The lowest BCUT2D eigenvalue weighted by Crippen LogP contribution is -2.54. The second kappa shape index (κ2) is 14.4. The van der Waals surface area contributed by atoms with Gasteiger partial charge in [0.05, 0.1) is 23.9 Å². The van der Waals surface area contributed by atoms with Crippen molar-refractivity contribution in [1.82, 2.24) is 9.80 Å². The zero-order chi connectivity index (χ0) is 31.3. The third-order valence-electron chi connectivity index (χ3n) is 8.19. The van der Waals surface area contributed by atoms with Crippen molar-refractivity contribution in [3.05, 3.63) is 12.7 Å². The molecule has 2 fully saturated rings. The van der Waals surface area contributed by atoms with Crippen LogP contribution in [0.15, 0.2) is 12.7 Å². The summed E-state index contributed by atoms with van der Waals surface area (Å²) in [5, 5.41) is 0. The molecule has 0 aromatic carbocycles. The molecule has 0 spiro atoms. The second-order valence-corrected chi connectivity index (χ2v) is 13.3. The molecule has 3 unspecified atom stereocenters. The standard InChI is InChI=1S/C31H54N2O8/c1-13-23-18-38-28(35)22(5)26(34)21(4)27(40-25-15-24(32(10)11)14-20(3)39-25)31(9,37-12)16-19(2)17-33(23)29(36)41-30(6,7)8/h13,19-25,27H,1,14-18H2,2-12H3/t19-,20?,21+,22?,23-,24-,25?,27-,31-/m1/s1. The molecule has 41 heavy (non-hydrogen) atoms. The molecule has 0 saturated carbocycles. The van der Waals surface area contributed by atoms with Crippen LogP contribution in [0.25, 0.3) is 0 Å². The van der Waals surface area contributed by atoms with Gasteiger partial charge in [-0.05, 0) is 74.4 Å². The van der Waals surface area contributed by atoms with Gasteiger partial charge in [0, 0.05) is 32.0 Å². The van der Waals surface area contributed by atoms with Crippen LogP contribution in [0.1, 0.15) is 74.7 Å². The van der Waals surface area contributed by atoms with Crippen molar-refractivity contribution >= 4 is 17.8 Å². The topological polar surface area (TPSA) is 104 Å². The zero-order valence-electron chi connectivity index (χ0n) is 27.1. The summed E-state index contributed by atoms with van der Waals surface area (Å²) in [4.78, 5) is 43.8. The molecule has 0 radical (unpaired) electrons. The Morgan fingerprint density at radius 2 is 1.78 bits per heavy atom. The number of methoxy groups -OCH3 is 1. The molecule has 10 heteroatoms. The largest absolute Gasteiger partial charge is 0.463 e. The molecule has 0 aromatic rings. The van der Waals surface area contributed by atoms with E-state index in [9.17, 15) is 14.4 Å².